The van der Waals surface area contributed by atoms with Crippen molar-refractivity contribution >= 4 is 0 Å². The van der Waals surface area contributed by atoms with E-state index in [-0.39, 0.29) is 0 Å². The maximum Gasteiger partial charge on any atom is 0.124 e. The van der Waals surface area contributed by atoms with E-state index in [4.69, 9.17) is 4.74 Å². The summed E-state index contributed by atoms with van der Waals surface area (Å²) in [5, 5.41) is 3.74. The molecule has 1 atom stereocenters. The van der Waals surface area contributed by atoms with Crippen molar-refractivity contribution in [2.75, 3.05) is 13.2 Å². The van der Waals surface area contributed by atoms with Crippen LogP contribution in [0.15, 0.2) is 24.3 Å². The van der Waals surface area contributed by atoms with Crippen molar-refractivity contribution in [3.05, 3.63) is 29.8 Å². The molecule has 0 amide bonds. The van der Waals surface area contributed by atoms with Gasteiger partial charge in [-0.05, 0) is 38.3 Å². The first-order valence-corrected chi connectivity index (χ1v) is 8.82. The predicted octanol–water partition coefficient (Wildman–Crippen LogP) is 5.10. The molecule has 1 saturated carbocycles. The molecule has 0 bridgehead atoms. The van der Waals surface area contributed by atoms with Gasteiger partial charge in [0.15, 0.2) is 0 Å². The summed E-state index contributed by atoms with van der Waals surface area (Å²) in [6.45, 7) is 6.02. The van der Waals surface area contributed by atoms with E-state index < -0.39 is 0 Å². The Morgan fingerprint density at radius 2 is 1.71 bits per heavy atom. The van der Waals surface area contributed by atoms with E-state index in [0.717, 1.165) is 24.8 Å². The van der Waals surface area contributed by atoms with Crippen molar-refractivity contribution in [3.8, 4) is 5.75 Å². The van der Waals surface area contributed by atoms with Crippen molar-refractivity contribution in [3.63, 3.8) is 0 Å². The Morgan fingerprint density at radius 1 is 1.05 bits per heavy atom. The van der Waals surface area contributed by atoms with Gasteiger partial charge in [0.25, 0.3) is 0 Å². The SMILES string of the molecule is CCNC(c1ccccc1OCC)C1CCCCCCC1. The first kappa shape index (κ1) is 16.4. The van der Waals surface area contributed by atoms with Gasteiger partial charge in [0.2, 0.25) is 0 Å². The van der Waals surface area contributed by atoms with Gasteiger partial charge in [-0.1, -0.05) is 57.2 Å². The Balaban J connectivity index is 2.20. The molecule has 2 nitrogen and oxygen atoms in total. The monoisotopic (exact) mass is 289 g/mol. The molecule has 118 valence electrons. The van der Waals surface area contributed by atoms with E-state index >= 15 is 0 Å². The number of nitrogens with one attached hydrogen (secondary N) is 1. The lowest BCUT2D eigenvalue weighted by molar-refractivity contribution is 0.277. The summed E-state index contributed by atoms with van der Waals surface area (Å²) in [6, 6.07) is 9.03. The average Bonchev–Trinajstić information content (AvgIpc) is 2.46. The number of rotatable bonds is 6. The molecular weight excluding hydrogens is 258 g/mol. The highest BCUT2D eigenvalue weighted by Crippen LogP contribution is 2.36. The molecule has 1 unspecified atom stereocenters. The van der Waals surface area contributed by atoms with Gasteiger partial charge in [0, 0.05) is 11.6 Å². The van der Waals surface area contributed by atoms with Crippen LogP contribution < -0.4 is 10.1 Å². The molecule has 2 rings (SSSR count). The van der Waals surface area contributed by atoms with Crippen LogP contribution in [0.1, 0.15) is 70.4 Å². The molecule has 1 aliphatic rings. The van der Waals surface area contributed by atoms with E-state index in [1.165, 1.54) is 50.5 Å². The zero-order valence-corrected chi connectivity index (χ0v) is 13.7. The standard InChI is InChI=1S/C19H31NO/c1-3-20-19(16-12-8-6-5-7-9-13-16)17-14-10-11-15-18(17)21-4-2/h10-11,14-16,19-20H,3-9,12-13H2,1-2H3. The number of ether oxygens (including phenoxy) is 1. The Labute approximate surface area is 130 Å². The third kappa shape index (κ3) is 4.74. The molecular formula is C19H31NO. The number of hydrogen-bond acceptors (Lipinski definition) is 2. The van der Waals surface area contributed by atoms with Gasteiger partial charge < -0.3 is 10.1 Å². The zero-order valence-electron chi connectivity index (χ0n) is 13.7. The zero-order chi connectivity index (χ0) is 14.9. The van der Waals surface area contributed by atoms with Crippen molar-refractivity contribution in [2.45, 2.75) is 64.8 Å². The van der Waals surface area contributed by atoms with Gasteiger partial charge in [0.1, 0.15) is 5.75 Å². The maximum absolute atomic E-state index is 5.87. The van der Waals surface area contributed by atoms with Gasteiger partial charge in [-0.15, -0.1) is 0 Å². The lowest BCUT2D eigenvalue weighted by Crippen LogP contribution is -2.29. The van der Waals surface area contributed by atoms with Crippen LogP contribution in [0.5, 0.6) is 5.75 Å². The van der Waals surface area contributed by atoms with E-state index in [2.05, 4.69) is 43.4 Å². The fourth-order valence-corrected chi connectivity index (χ4v) is 3.60. The topological polar surface area (TPSA) is 21.3 Å². The second-order valence-corrected chi connectivity index (χ2v) is 6.11. The molecule has 1 aromatic rings. The van der Waals surface area contributed by atoms with Crippen molar-refractivity contribution in [1.29, 1.82) is 0 Å². The molecule has 1 aliphatic carbocycles. The van der Waals surface area contributed by atoms with Crippen molar-refractivity contribution in [2.24, 2.45) is 5.92 Å². The molecule has 1 aromatic carbocycles. The Bertz CT molecular complexity index is 396. The molecule has 0 radical (unpaired) electrons. The summed E-state index contributed by atoms with van der Waals surface area (Å²) in [6.07, 6.45) is 9.68. The second kappa shape index (κ2) is 9.09. The van der Waals surface area contributed by atoms with Crippen LogP contribution in [0.4, 0.5) is 0 Å². The molecule has 1 N–H and O–H groups in total. The minimum absolute atomic E-state index is 0.441. The Morgan fingerprint density at radius 3 is 2.38 bits per heavy atom. The van der Waals surface area contributed by atoms with Gasteiger partial charge in [-0.25, -0.2) is 0 Å². The van der Waals surface area contributed by atoms with E-state index in [9.17, 15) is 0 Å². The van der Waals surface area contributed by atoms with Crippen LogP contribution in [0.2, 0.25) is 0 Å². The van der Waals surface area contributed by atoms with E-state index in [1.807, 2.05) is 0 Å². The van der Waals surface area contributed by atoms with E-state index in [0.29, 0.717) is 6.04 Å². The smallest absolute Gasteiger partial charge is 0.124 e. The van der Waals surface area contributed by atoms with Gasteiger partial charge >= 0.3 is 0 Å². The normalized spacial score (nSPS) is 18.8. The van der Waals surface area contributed by atoms with Crippen LogP contribution in [-0.4, -0.2) is 13.2 Å². The first-order chi connectivity index (χ1) is 10.4. The molecule has 21 heavy (non-hydrogen) atoms. The van der Waals surface area contributed by atoms with Gasteiger partial charge in [-0.2, -0.15) is 0 Å². The summed E-state index contributed by atoms with van der Waals surface area (Å²) in [5.74, 6) is 1.81. The first-order valence-electron chi connectivity index (χ1n) is 8.82. The summed E-state index contributed by atoms with van der Waals surface area (Å²) < 4.78 is 5.87. The highest BCUT2D eigenvalue weighted by molar-refractivity contribution is 5.36. The van der Waals surface area contributed by atoms with Crippen LogP contribution in [0.3, 0.4) is 0 Å². The minimum atomic E-state index is 0.441. The Hall–Kier alpha value is -1.02. The molecule has 0 aliphatic heterocycles. The highest BCUT2D eigenvalue weighted by atomic mass is 16.5. The number of hydrogen-bond donors (Lipinski definition) is 1. The molecule has 2 heteroatoms. The third-order valence-corrected chi connectivity index (χ3v) is 4.60. The fraction of sp³-hybridized carbons (Fsp3) is 0.684. The largest absolute Gasteiger partial charge is 0.494 e. The lowest BCUT2D eigenvalue weighted by atomic mass is 9.82. The van der Waals surface area contributed by atoms with Crippen molar-refractivity contribution in [1.82, 2.24) is 5.32 Å². The number of benzene rings is 1. The fourth-order valence-electron chi connectivity index (χ4n) is 3.60. The summed E-state index contributed by atoms with van der Waals surface area (Å²) in [4.78, 5) is 0. The predicted molar refractivity (Wildman–Crippen MR) is 89.8 cm³/mol. The maximum atomic E-state index is 5.87. The van der Waals surface area contributed by atoms with Crippen LogP contribution in [0.25, 0.3) is 0 Å². The van der Waals surface area contributed by atoms with Crippen LogP contribution >= 0.6 is 0 Å². The Kier molecular flexibility index (Phi) is 7.08. The quantitative estimate of drug-likeness (QED) is 0.787. The summed E-state index contributed by atoms with van der Waals surface area (Å²) in [5.41, 5.74) is 1.35. The highest BCUT2D eigenvalue weighted by Gasteiger charge is 2.25. The summed E-state index contributed by atoms with van der Waals surface area (Å²) in [7, 11) is 0. The lowest BCUT2D eigenvalue weighted by Gasteiger charge is -2.31. The van der Waals surface area contributed by atoms with Crippen molar-refractivity contribution < 1.29 is 4.74 Å². The second-order valence-electron chi connectivity index (χ2n) is 6.11. The molecule has 0 spiro atoms. The number of para-hydroxylation sites is 1. The molecule has 1 fully saturated rings. The summed E-state index contributed by atoms with van der Waals surface area (Å²) >= 11 is 0. The van der Waals surface area contributed by atoms with E-state index in [1.54, 1.807) is 0 Å². The molecule has 0 aromatic heterocycles. The van der Waals surface area contributed by atoms with Crippen LogP contribution in [-0.2, 0) is 0 Å². The molecule has 0 heterocycles. The van der Waals surface area contributed by atoms with Crippen LogP contribution in [0, 0.1) is 5.92 Å². The van der Waals surface area contributed by atoms with Gasteiger partial charge in [-0.3, -0.25) is 0 Å². The van der Waals surface area contributed by atoms with Gasteiger partial charge in [0.05, 0.1) is 6.61 Å². The molecule has 0 saturated heterocycles. The minimum Gasteiger partial charge on any atom is -0.494 e. The average molecular weight is 289 g/mol. The third-order valence-electron chi connectivity index (χ3n) is 4.60.